The van der Waals surface area contributed by atoms with Crippen LogP contribution < -0.4 is 5.73 Å². The third-order valence-corrected chi connectivity index (χ3v) is 3.86. The van der Waals surface area contributed by atoms with Gasteiger partial charge in [-0.1, -0.05) is 57.5 Å². The van der Waals surface area contributed by atoms with Crippen LogP contribution in [0.25, 0.3) is 0 Å². The van der Waals surface area contributed by atoms with Gasteiger partial charge in [-0.2, -0.15) is 0 Å². The third kappa shape index (κ3) is 4.11. The molecule has 0 fully saturated rings. The molecule has 2 nitrogen and oxygen atoms in total. The van der Waals surface area contributed by atoms with Crippen LogP contribution in [0, 0.1) is 5.92 Å². The van der Waals surface area contributed by atoms with Crippen molar-refractivity contribution in [1.29, 1.82) is 0 Å². The number of likely N-dealkylation sites (N-methyl/N-ethyl adjacent to an activating group) is 1. The van der Waals surface area contributed by atoms with E-state index in [4.69, 9.17) is 5.73 Å². The van der Waals surface area contributed by atoms with Gasteiger partial charge in [-0.25, -0.2) is 0 Å². The predicted molar refractivity (Wildman–Crippen MR) is 79.8 cm³/mol. The highest BCUT2D eigenvalue weighted by Gasteiger charge is 2.26. The average Bonchev–Trinajstić information content (AvgIpc) is 2.39. The molecule has 0 amide bonds. The van der Waals surface area contributed by atoms with Crippen LogP contribution in [0.15, 0.2) is 30.3 Å². The highest BCUT2D eigenvalue weighted by molar-refractivity contribution is 5.25. The van der Waals surface area contributed by atoms with E-state index >= 15 is 0 Å². The third-order valence-electron chi connectivity index (χ3n) is 3.86. The van der Waals surface area contributed by atoms with E-state index in [2.05, 4.69) is 63.1 Å². The second kappa shape index (κ2) is 6.91. The van der Waals surface area contributed by atoms with E-state index in [1.54, 1.807) is 0 Å². The zero-order chi connectivity index (χ0) is 13.6. The number of hydrogen-bond donors (Lipinski definition) is 1. The van der Waals surface area contributed by atoms with Crippen LogP contribution in [0.5, 0.6) is 0 Å². The van der Waals surface area contributed by atoms with Crippen molar-refractivity contribution in [3.8, 4) is 0 Å². The van der Waals surface area contributed by atoms with Gasteiger partial charge in [-0.15, -0.1) is 0 Å². The Morgan fingerprint density at radius 3 is 2.39 bits per heavy atom. The summed E-state index contributed by atoms with van der Waals surface area (Å²) >= 11 is 0. The van der Waals surface area contributed by atoms with Gasteiger partial charge in [0.05, 0.1) is 0 Å². The summed E-state index contributed by atoms with van der Waals surface area (Å²) in [4.78, 5) is 2.41. The van der Waals surface area contributed by atoms with Crippen molar-refractivity contribution in [2.45, 2.75) is 32.6 Å². The summed E-state index contributed by atoms with van der Waals surface area (Å²) in [5.41, 5.74) is 7.41. The lowest BCUT2D eigenvalue weighted by Gasteiger charge is -2.34. The Kier molecular flexibility index (Phi) is 5.83. The summed E-state index contributed by atoms with van der Waals surface area (Å²) in [6.45, 7) is 9.64. The molecule has 0 aromatic heterocycles. The molecule has 0 spiro atoms. The lowest BCUT2D eigenvalue weighted by atomic mass is 9.82. The normalized spacial score (nSPS) is 16.6. The molecule has 0 saturated heterocycles. The number of hydrogen-bond acceptors (Lipinski definition) is 2. The molecule has 2 N–H and O–H groups in total. The quantitative estimate of drug-likeness (QED) is 0.804. The molecule has 0 saturated carbocycles. The summed E-state index contributed by atoms with van der Waals surface area (Å²) in [6, 6.07) is 10.6. The maximum atomic E-state index is 6.02. The van der Waals surface area contributed by atoms with E-state index in [0.717, 1.165) is 19.0 Å². The van der Waals surface area contributed by atoms with Crippen LogP contribution in [-0.2, 0) is 5.41 Å². The van der Waals surface area contributed by atoms with Crippen molar-refractivity contribution in [2.75, 3.05) is 26.7 Å². The van der Waals surface area contributed by atoms with Crippen LogP contribution in [0.3, 0.4) is 0 Å². The van der Waals surface area contributed by atoms with Gasteiger partial charge in [0.25, 0.3) is 0 Å². The number of rotatable bonds is 7. The molecule has 0 bridgehead atoms. The van der Waals surface area contributed by atoms with E-state index < -0.39 is 0 Å². The van der Waals surface area contributed by atoms with Gasteiger partial charge in [-0.3, -0.25) is 0 Å². The largest absolute Gasteiger partial charge is 0.330 e. The molecular weight excluding hydrogens is 220 g/mol. The first kappa shape index (κ1) is 15.2. The van der Waals surface area contributed by atoms with Crippen LogP contribution in [0.4, 0.5) is 0 Å². The Labute approximate surface area is 112 Å². The van der Waals surface area contributed by atoms with E-state index in [0.29, 0.717) is 6.54 Å². The van der Waals surface area contributed by atoms with Gasteiger partial charge in [-0.05, 0) is 18.5 Å². The maximum Gasteiger partial charge on any atom is 0.0174 e. The van der Waals surface area contributed by atoms with E-state index in [1.165, 1.54) is 12.0 Å². The number of benzene rings is 1. The molecule has 0 heterocycles. The minimum atomic E-state index is 0.0451. The Morgan fingerprint density at radius 1 is 1.28 bits per heavy atom. The van der Waals surface area contributed by atoms with Crippen molar-refractivity contribution in [3.63, 3.8) is 0 Å². The van der Waals surface area contributed by atoms with Crippen molar-refractivity contribution in [3.05, 3.63) is 35.9 Å². The van der Waals surface area contributed by atoms with Crippen LogP contribution in [0.1, 0.15) is 32.8 Å². The first-order valence-corrected chi connectivity index (χ1v) is 6.96. The molecule has 2 atom stereocenters. The molecule has 0 radical (unpaired) electrons. The Hall–Kier alpha value is -0.860. The van der Waals surface area contributed by atoms with Gasteiger partial charge >= 0.3 is 0 Å². The maximum absolute atomic E-state index is 6.02. The summed E-state index contributed by atoms with van der Waals surface area (Å²) in [6.07, 6.45) is 1.23. The molecule has 102 valence electrons. The summed E-state index contributed by atoms with van der Waals surface area (Å²) in [5.74, 6) is 0.743. The molecule has 1 aromatic rings. The number of nitrogens with zero attached hydrogens (tertiary/aromatic N) is 1. The minimum Gasteiger partial charge on any atom is -0.330 e. The topological polar surface area (TPSA) is 29.3 Å². The van der Waals surface area contributed by atoms with Crippen molar-refractivity contribution < 1.29 is 0 Å². The fraction of sp³-hybridized carbons (Fsp3) is 0.625. The molecule has 0 aliphatic rings. The number of nitrogens with two attached hydrogens (primary N) is 1. The molecule has 18 heavy (non-hydrogen) atoms. The summed E-state index contributed by atoms with van der Waals surface area (Å²) in [7, 11) is 2.20. The zero-order valence-electron chi connectivity index (χ0n) is 12.3. The molecule has 2 unspecified atom stereocenters. The Bertz CT molecular complexity index is 336. The zero-order valence-corrected chi connectivity index (χ0v) is 12.3. The second-order valence-electron chi connectivity index (χ2n) is 5.84. The Morgan fingerprint density at radius 2 is 1.89 bits per heavy atom. The van der Waals surface area contributed by atoms with Gasteiger partial charge in [0.15, 0.2) is 0 Å². The van der Waals surface area contributed by atoms with Gasteiger partial charge in [0.2, 0.25) is 0 Å². The average molecular weight is 248 g/mol. The SMILES string of the molecule is CCC(C)CN(C)CC(C)(CN)c1ccccc1. The lowest BCUT2D eigenvalue weighted by molar-refractivity contribution is 0.228. The van der Waals surface area contributed by atoms with Crippen LogP contribution >= 0.6 is 0 Å². The molecule has 1 rings (SSSR count). The summed E-state index contributed by atoms with van der Waals surface area (Å²) in [5, 5.41) is 0. The van der Waals surface area contributed by atoms with E-state index in [1.807, 2.05) is 0 Å². The lowest BCUT2D eigenvalue weighted by Crippen LogP contribution is -2.43. The summed E-state index contributed by atoms with van der Waals surface area (Å²) < 4.78 is 0. The second-order valence-corrected chi connectivity index (χ2v) is 5.84. The minimum absolute atomic E-state index is 0.0451. The van der Waals surface area contributed by atoms with Crippen LogP contribution in [0.2, 0.25) is 0 Å². The smallest absolute Gasteiger partial charge is 0.0174 e. The molecular formula is C16H28N2. The first-order valence-electron chi connectivity index (χ1n) is 6.96. The fourth-order valence-corrected chi connectivity index (χ4v) is 2.44. The predicted octanol–water partition coefficient (Wildman–Crippen LogP) is 2.88. The first-order chi connectivity index (χ1) is 8.51. The van der Waals surface area contributed by atoms with Crippen molar-refractivity contribution >= 4 is 0 Å². The van der Waals surface area contributed by atoms with Crippen molar-refractivity contribution in [1.82, 2.24) is 4.90 Å². The standard InChI is InChI=1S/C16H28N2/c1-5-14(2)11-18(4)13-16(3,12-17)15-9-7-6-8-10-15/h6-10,14H,5,11-13,17H2,1-4H3. The monoisotopic (exact) mass is 248 g/mol. The van der Waals surface area contributed by atoms with Gasteiger partial charge in [0.1, 0.15) is 0 Å². The van der Waals surface area contributed by atoms with Crippen molar-refractivity contribution in [2.24, 2.45) is 11.7 Å². The fourth-order valence-electron chi connectivity index (χ4n) is 2.44. The van der Waals surface area contributed by atoms with Gasteiger partial charge in [0, 0.05) is 25.0 Å². The molecule has 0 aliphatic heterocycles. The van der Waals surface area contributed by atoms with E-state index in [9.17, 15) is 0 Å². The van der Waals surface area contributed by atoms with Gasteiger partial charge < -0.3 is 10.6 Å². The highest BCUT2D eigenvalue weighted by Crippen LogP contribution is 2.23. The van der Waals surface area contributed by atoms with Crippen LogP contribution in [-0.4, -0.2) is 31.6 Å². The Balaban J connectivity index is 2.71. The molecule has 2 heteroatoms. The molecule has 0 aliphatic carbocycles. The molecule has 1 aromatic carbocycles. The van der Waals surface area contributed by atoms with E-state index in [-0.39, 0.29) is 5.41 Å². The highest BCUT2D eigenvalue weighted by atomic mass is 15.1.